The highest BCUT2D eigenvalue weighted by molar-refractivity contribution is 7.89. The Kier molecular flexibility index (Phi) is 7.14. The van der Waals surface area contributed by atoms with E-state index in [9.17, 15) is 17.6 Å². The number of carbonyl (C=O) groups is 1. The van der Waals surface area contributed by atoms with Crippen LogP contribution in [0.3, 0.4) is 0 Å². The quantitative estimate of drug-likeness (QED) is 0.527. The van der Waals surface area contributed by atoms with Crippen molar-refractivity contribution in [2.45, 2.75) is 17.7 Å². The summed E-state index contributed by atoms with van der Waals surface area (Å²) in [5.41, 5.74) is 0.630. The number of anilines is 1. The highest BCUT2D eigenvalue weighted by Gasteiger charge is 2.34. The average Bonchev–Trinajstić information content (AvgIpc) is 2.86. The molecule has 3 aromatic carbocycles. The molecule has 1 aliphatic rings. The third-order valence-electron chi connectivity index (χ3n) is 5.67. The van der Waals surface area contributed by atoms with E-state index in [-0.39, 0.29) is 35.6 Å². The number of sulfonamides is 1. The summed E-state index contributed by atoms with van der Waals surface area (Å²) in [7, 11) is -2.61. The molecule has 178 valence electrons. The predicted molar refractivity (Wildman–Crippen MR) is 126 cm³/mol. The second-order valence-corrected chi connectivity index (χ2v) is 9.81. The number of hydrogen-bond donors (Lipinski definition) is 1. The van der Waals surface area contributed by atoms with Gasteiger partial charge in [-0.25, -0.2) is 12.8 Å². The van der Waals surface area contributed by atoms with Gasteiger partial charge in [0.2, 0.25) is 15.9 Å². The molecule has 9 heteroatoms. The number of carbonyl (C=O) groups excluding carboxylic acids is 1. The Hall–Kier alpha value is -3.43. The summed E-state index contributed by atoms with van der Waals surface area (Å²) in [6, 6.07) is 19.8. The summed E-state index contributed by atoms with van der Waals surface area (Å²) < 4.78 is 51.8. The number of nitrogens with zero attached hydrogens (tertiary/aromatic N) is 1. The number of ether oxygens (including phenoxy) is 2. The summed E-state index contributed by atoms with van der Waals surface area (Å²) in [4.78, 5) is 12.5. The van der Waals surface area contributed by atoms with Crippen molar-refractivity contribution in [3.05, 3.63) is 78.6 Å². The van der Waals surface area contributed by atoms with Gasteiger partial charge < -0.3 is 14.8 Å². The van der Waals surface area contributed by atoms with Gasteiger partial charge in [0.1, 0.15) is 28.0 Å². The van der Waals surface area contributed by atoms with Gasteiger partial charge in [-0.2, -0.15) is 4.31 Å². The lowest BCUT2D eigenvalue weighted by atomic mass is 9.97. The molecule has 0 radical (unpaired) electrons. The fourth-order valence-corrected chi connectivity index (χ4v) is 5.46. The number of rotatable bonds is 7. The van der Waals surface area contributed by atoms with Gasteiger partial charge in [-0.3, -0.25) is 4.79 Å². The topological polar surface area (TPSA) is 84.9 Å². The SMILES string of the molecule is COc1ccc(F)cc1S(=O)(=O)N1CCC(C(=O)Nc2ccc(Oc3ccccc3)cc2)CC1. The van der Waals surface area contributed by atoms with Crippen molar-refractivity contribution in [1.29, 1.82) is 0 Å². The highest BCUT2D eigenvalue weighted by Crippen LogP contribution is 2.31. The molecule has 1 amide bonds. The van der Waals surface area contributed by atoms with E-state index >= 15 is 0 Å². The maximum atomic E-state index is 13.7. The van der Waals surface area contributed by atoms with E-state index in [1.165, 1.54) is 17.5 Å². The zero-order valence-corrected chi connectivity index (χ0v) is 19.4. The second-order valence-electron chi connectivity index (χ2n) is 7.90. The van der Waals surface area contributed by atoms with Gasteiger partial charge in [-0.1, -0.05) is 18.2 Å². The fraction of sp³-hybridized carbons (Fsp3) is 0.240. The molecule has 0 aliphatic carbocycles. The molecule has 1 fully saturated rings. The normalized spacial score (nSPS) is 15.0. The first-order chi connectivity index (χ1) is 16.4. The number of benzene rings is 3. The lowest BCUT2D eigenvalue weighted by Crippen LogP contribution is -2.41. The lowest BCUT2D eigenvalue weighted by molar-refractivity contribution is -0.120. The van der Waals surface area contributed by atoms with Crippen molar-refractivity contribution in [1.82, 2.24) is 4.31 Å². The van der Waals surface area contributed by atoms with Crippen LogP contribution in [0.4, 0.5) is 10.1 Å². The molecule has 0 spiro atoms. The van der Waals surface area contributed by atoms with Gasteiger partial charge in [0.05, 0.1) is 7.11 Å². The van der Waals surface area contributed by atoms with Crippen molar-refractivity contribution in [3.63, 3.8) is 0 Å². The Labute approximate surface area is 198 Å². The molecule has 0 unspecified atom stereocenters. The molecule has 1 saturated heterocycles. The smallest absolute Gasteiger partial charge is 0.246 e. The molecular weight excluding hydrogens is 459 g/mol. The van der Waals surface area contributed by atoms with Crippen molar-refractivity contribution in [3.8, 4) is 17.2 Å². The first-order valence-electron chi connectivity index (χ1n) is 10.8. The number of methoxy groups -OCH3 is 1. The van der Waals surface area contributed by atoms with Crippen LogP contribution < -0.4 is 14.8 Å². The molecule has 0 atom stereocenters. The highest BCUT2D eigenvalue weighted by atomic mass is 32.2. The molecule has 0 bridgehead atoms. The fourth-order valence-electron chi connectivity index (χ4n) is 3.82. The Morgan fingerprint density at radius 1 is 0.971 bits per heavy atom. The van der Waals surface area contributed by atoms with Crippen LogP contribution in [0.5, 0.6) is 17.2 Å². The van der Waals surface area contributed by atoms with Crippen LogP contribution in [-0.2, 0) is 14.8 Å². The van der Waals surface area contributed by atoms with Crippen LogP contribution in [0.1, 0.15) is 12.8 Å². The first-order valence-corrected chi connectivity index (χ1v) is 12.3. The maximum absolute atomic E-state index is 13.7. The molecule has 1 N–H and O–H groups in total. The van der Waals surface area contributed by atoms with Gasteiger partial charge in [0, 0.05) is 24.7 Å². The summed E-state index contributed by atoms with van der Waals surface area (Å²) >= 11 is 0. The molecule has 7 nitrogen and oxygen atoms in total. The van der Waals surface area contributed by atoms with E-state index in [1.807, 2.05) is 30.3 Å². The number of para-hydroxylation sites is 1. The van der Waals surface area contributed by atoms with Crippen LogP contribution in [0, 0.1) is 11.7 Å². The standard InChI is InChI=1S/C25H25FN2O5S/c1-32-23-12-7-19(26)17-24(23)34(30,31)28-15-13-18(14-16-28)25(29)27-20-8-10-22(11-9-20)33-21-5-3-2-4-6-21/h2-12,17-18H,13-16H2,1H3,(H,27,29). The molecule has 3 aromatic rings. The van der Waals surface area contributed by atoms with Crippen LogP contribution in [0.2, 0.25) is 0 Å². The van der Waals surface area contributed by atoms with Gasteiger partial charge >= 0.3 is 0 Å². The first kappa shape index (κ1) is 23.7. The summed E-state index contributed by atoms with van der Waals surface area (Å²) in [6.07, 6.45) is 0.718. The van der Waals surface area contributed by atoms with E-state index in [0.29, 0.717) is 24.3 Å². The zero-order chi connectivity index (χ0) is 24.1. The van der Waals surface area contributed by atoms with Crippen LogP contribution >= 0.6 is 0 Å². The van der Waals surface area contributed by atoms with E-state index in [1.54, 1.807) is 24.3 Å². The molecule has 0 aromatic heterocycles. The summed E-state index contributed by atoms with van der Waals surface area (Å²) in [6.45, 7) is 0.313. The number of hydrogen-bond acceptors (Lipinski definition) is 5. The Balaban J connectivity index is 1.34. The molecule has 1 heterocycles. The largest absolute Gasteiger partial charge is 0.495 e. The maximum Gasteiger partial charge on any atom is 0.246 e. The molecule has 1 aliphatic heterocycles. The summed E-state index contributed by atoms with van der Waals surface area (Å²) in [5.74, 6) is 0.292. The van der Waals surface area contributed by atoms with Crippen molar-refractivity contribution >= 4 is 21.6 Å². The summed E-state index contributed by atoms with van der Waals surface area (Å²) in [5, 5.41) is 2.88. The molecule has 34 heavy (non-hydrogen) atoms. The van der Waals surface area contributed by atoms with E-state index < -0.39 is 15.8 Å². The number of halogens is 1. The minimum absolute atomic E-state index is 0.0842. The minimum Gasteiger partial charge on any atom is -0.495 e. The van der Waals surface area contributed by atoms with E-state index in [4.69, 9.17) is 9.47 Å². The van der Waals surface area contributed by atoms with Crippen LogP contribution in [-0.4, -0.2) is 38.8 Å². The van der Waals surface area contributed by atoms with Gasteiger partial charge in [0.25, 0.3) is 0 Å². The van der Waals surface area contributed by atoms with E-state index in [0.717, 1.165) is 17.9 Å². The Bertz CT molecular complexity index is 1240. The van der Waals surface area contributed by atoms with Gasteiger partial charge in [-0.05, 0) is 67.4 Å². The monoisotopic (exact) mass is 484 g/mol. The lowest BCUT2D eigenvalue weighted by Gasteiger charge is -2.30. The number of piperidine rings is 1. The third kappa shape index (κ3) is 5.37. The number of amides is 1. The minimum atomic E-state index is -3.94. The predicted octanol–water partition coefficient (Wildman–Crippen LogP) is 4.67. The van der Waals surface area contributed by atoms with E-state index in [2.05, 4.69) is 5.32 Å². The van der Waals surface area contributed by atoms with Gasteiger partial charge in [0.15, 0.2) is 0 Å². The molecule has 0 saturated carbocycles. The molecule has 4 rings (SSSR count). The van der Waals surface area contributed by atoms with Crippen LogP contribution in [0.25, 0.3) is 0 Å². The molecular formula is C25H25FN2O5S. The Morgan fingerprint density at radius 3 is 2.26 bits per heavy atom. The number of nitrogens with one attached hydrogen (secondary N) is 1. The van der Waals surface area contributed by atoms with Crippen LogP contribution in [0.15, 0.2) is 77.7 Å². The Morgan fingerprint density at radius 2 is 1.62 bits per heavy atom. The zero-order valence-electron chi connectivity index (χ0n) is 18.6. The van der Waals surface area contributed by atoms with Gasteiger partial charge in [-0.15, -0.1) is 0 Å². The second kappa shape index (κ2) is 10.2. The average molecular weight is 485 g/mol. The van der Waals surface area contributed by atoms with Crippen molar-refractivity contribution in [2.24, 2.45) is 5.92 Å². The van der Waals surface area contributed by atoms with Crippen molar-refractivity contribution < 1.29 is 27.1 Å². The van der Waals surface area contributed by atoms with Crippen molar-refractivity contribution in [2.75, 3.05) is 25.5 Å². The third-order valence-corrected chi connectivity index (χ3v) is 7.59.